The van der Waals surface area contributed by atoms with Crippen molar-refractivity contribution in [2.45, 2.75) is 25.9 Å². The molecule has 0 bridgehead atoms. The number of pyridine rings is 1. The highest BCUT2D eigenvalue weighted by Gasteiger charge is 2.25. The Bertz CT molecular complexity index is 459. The highest BCUT2D eigenvalue weighted by molar-refractivity contribution is 5.94. The summed E-state index contributed by atoms with van der Waals surface area (Å²) in [4.78, 5) is 27.7. The lowest BCUT2D eigenvalue weighted by Crippen LogP contribution is -2.55. The van der Waals surface area contributed by atoms with Crippen LogP contribution in [0.2, 0.25) is 0 Å². The molecule has 2 heterocycles. The first-order valence-corrected chi connectivity index (χ1v) is 5.80. The van der Waals surface area contributed by atoms with Crippen LogP contribution in [0, 0.1) is 0 Å². The number of H-pyrrole nitrogens is 1. The molecule has 1 fully saturated rings. The molecule has 0 unspecified atom stereocenters. The van der Waals surface area contributed by atoms with Gasteiger partial charge in [-0.1, -0.05) is 0 Å². The maximum absolute atomic E-state index is 12.2. The number of amides is 1. The van der Waals surface area contributed by atoms with Gasteiger partial charge in [0.25, 0.3) is 5.91 Å². The summed E-state index contributed by atoms with van der Waals surface area (Å²) in [6.07, 6.45) is 1.50. The molecular weight excluding hydrogens is 218 g/mol. The molecule has 1 saturated heterocycles. The molecular formula is C12H17N3O2. The molecule has 92 valence electrons. The molecule has 1 aliphatic heterocycles. The van der Waals surface area contributed by atoms with Gasteiger partial charge in [-0.2, -0.15) is 0 Å². The Morgan fingerprint density at radius 3 is 2.59 bits per heavy atom. The topological polar surface area (TPSA) is 65.2 Å². The summed E-state index contributed by atoms with van der Waals surface area (Å²) in [5.74, 6) is -0.0729. The van der Waals surface area contributed by atoms with E-state index in [1.165, 1.54) is 12.3 Å². The van der Waals surface area contributed by atoms with Crippen LogP contribution in [0.1, 0.15) is 24.2 Å². The number of nitrogens with one attached hydrogen (secondary N) is 2. The molecule has 5 nitrogen and oxygen atoms in total. The van der Waals surface area contributed by atoms with Crippen LogP contribution in [0.15, 0.2) is 23.1 Å². The molecule has 0 aromatic carbocycles. The maximum atomic E-state index is 12.2. The molecule has 1 aromatic heterocycles. The van der Waals surface area contributed by atoms with Crippen molar-refractivity contribution in [1.82, 2.24) is 15.2 Å². The third-order valence-corrected chi connectivity index (χ3v) is 2.87. The molecule has 17 heavy (non-hydrogen) atoms. The van der Waals surface area contributed by atoms with Crippen LogP contribution in [0.3, 0.4) is 0 Å². The summed E-state index contributed by atoms with van der Waals surface area (Å²) in [5.41, 5.74) is 0.210. The van der Waals surface area contributed by atoms with E-state index in [-0.39, 0.29) is 23.6 Å². The minimum Gasteiger partial charge on any atom is -0.336 e. The Balaban J connectivity index is 2.17. The molecule has 0 radical (unpaired) electrons. The van der Waals surface area contributed by atoms with Gasteiger partial charge in [0.05, 0.1) is 0 Å². The van der Waals surface area contributed by atoms with Crippen molar-refractivity contribution in [2.75, 3.05) is 13.1 Å². The highest BCUT2D eigenvalue weighted by Crippen LogP contribution is 2.08. The molecule has 0 saturated carbocycles. The summed E-state index contributed by atoms with van der Waals surface area (Å²) in [6, 6.07) is 3.55. The predicted molar refractivity (Wildman–Crippen MR) is 65.0 cm³/mol. The van der Waals surface area contributed by atoms with E-state index in [1.54, 1.807) is 11.0 Å². The van der Waals surface area contributed by atoms with Gasteiger partial charge < -0.3 is 15.2 Å². The molecule has 5 heteroatoms. The van der Waals surface area contributed by atoms with Crippen LogP contribution >= 0.6 is 0 Å². The summed E-state index contributed by atoms with van der Waals surface area (Å²) in [5, 5.41) is 3.37. The standard InChI is InChI=1S/C12H17N3O2/c1-8-6-15(7-9(2)14-8)12(17)10-3-4-13-11(16)5-10/h3-5,8-9,14H,6-7H2,1-2H3,(H,13,16)/t8-,9+. The summed E-state index contributed by atoms with van der Waals surface area (Å²) >= 11 is 0. The van der Waals surface area contributed by atoms with Gasteiger partial charge in [0.1, 0.15) is 0 Å². The van der Waals surface area contributed by atoms with Gasteiger partial charge >= 0.3 is 0 Å². The lowest BCUT2D eigenvalue weighted by atomic mass is 10.1. The molecule has 1 amide bonds. The molecule has 0 spiro atoms. The lowest BCUT2D eigenvalue weighted by Gasteiger charge is -2.36. The molecule has 0 aliphatic carbocycles. The van der Waals surface area contributed by atoms with Gasteiger partial charge in [0, 0.05) is 43.0 Å². The average Bonchev–Trinajstić information content (AvgIpc) is 2.26. The van der Waals surface area contributed by atoms with E-state index < -0.39 is 0 Å². The van der Waals surface area contributed by atoms with Crippen molar-refractivity contribution >= 4 is 5.91 Å². The Kier molecular flexibility index (Phi) is 3.28. The smallest absolute Gasteiger partial charge is 0.254 e. The van der Waals surface area contributed by atoms with Crippen LogP contribution in [0.4, 0.5) is 0 Å². The monoisotopic (exact) mass is 235 g/mol. The van der Waals surface area contributed by atoms with E-state index >= 15 is 0 Å². The molecule has 1 aliphatic rings. The first-order valence-electron chi connectivity index (χ1n) is 5.80. The van der Waals surface area contributed by atoms with Gasteiger partial charge in [-0.05, 0) is 19.9 Å². The second kappa shape index (κ2) is 4.71. The van der Waals surface area contributed by atoms with Crippen LogP contribution in [0.25, 0.3) is 0 Å². The number of rotatable bonds is 1. The first kappa shape index (κ1) is 11.9. The number of aromatic amines is 1. The van der Waals surface area contributed by atoms with Crippen molar-refractivity contribution in [2.24, 2.45) is 0 Å². The number of aromatic nitrogens is 1. The van der Waals surface area contributed by atoms with Crippen LogP contribution in [0.5, 0.6) is 0 Å². The van der Waals surface area contributed by atoms with Gasteiger partial charge in [-0.15, -0.1) is 0 Å². The van der Waals surface area contributed by atoms with Crippen LogP contribution in [-0.2, 0) is 0 Å². The Hall–Kier alpha value is -1.62. The number of nitrogens with zero attached hydrogens (tertiary/aromatic N) is 1. The lowest BCUT2D eigenvalue weighted by molar-refractivity contribution is 0.0673. The number of piperazine rings is 1. The zero-order chi connectivity index (χ0) is 12.4. The SMILES string of the molecule is C[C@@H]1CN(C(=O)c2cc[nH]c(=O)c2)C[C@H](C)N1. The van der Waals surface area contributed by atoms with Crippen molar-refractivity contribution in [3.8, 4) is 0 Å². The second-order valence-corrected chi connectivity index (χ2v) is 4.62. The zero-order valence-electron chi connectivity index (χ0n) is 10.1. The van der Waals surface area contributed by atoms with E-state index in [1.807, 2.05) is 13.8 Å². The van der Waals surface area contributed by atoms with Crippen LogP contribution in [-0.4, -0.2) is 41.0 Å². The summed E-state index contributed by atoms with van der Waals surface area (Å²) < 4.78 is 0. The maximum Gasteiger partial charge on any atom is 0.254 e. The van der Waals surface area contributed by atoms with Gasteiger partial charge in [0.2, 0.25) is 5.56 Å². The van der Waals surface area contributed by atoms with E-state index in [0.717, 1.165) is 0 Å². The number of hydrogen-bond donors (Lipinski definition) is 2. The summed E-state index contributed by atoms with van der Waals surface area (Å²) in [7, 11) is 0. The molecule has 2 N–H and O–H groups in total. The number of carbonyl (C=O) groups is 1. The normalized spacial score (nSPS) is 24.7. The fraction of sp³-hybridized carbons (Fsp3) is 0.500. The van der Waals surface area contributed by atoms with E-state index in [0.29, 0.717) is 18.7 Å². The van der Waals surface area contributed by atoms with E-state index in [9.17, 15) is 9.59 Å². The molecule has 2 rings (SSSR count). The van der Waals surface area contributed by atoms with Crippen molar-refractivity contribution in [3.63, 3.8) is 0 Å². The quantitative estimate of drug-likeness (QED) is 0.730. The Morgan fingerprint density at radius 1 is 1.35 bits per heavy atom. The molecule has 2 atom stereocenters. The fourth-order valence-electron chi connectivity index (χ4n) is 2.25. The summed E-state index contributed by atoms with van der Waals surface area (Å²) in [6.45, 7) is 5.45. The van der Waals surface area contributed by atoms with E-state index in [4.69, 9.17) is 0 Å². The number of carbonyl (C=O) groups excluding carboxylic acids is 1. The fourth-order valence-corrected chi connectivity index (χ4v) is 2.25. The van der Waals surface area contributed by atoms with Crippen molar-refractivity contribution < 1.29 is 4.79 Å². The largest absolute Gasteiger partial charge is 0.336 e. The third kappa shape index (κ3) is 2.74. The van der Waals surface area contributed by atoms with Gasteiger partial charge in [0.15, 0.2) is 0 Å². The molecule has 1 aromatic rings. The number of hydrogen-bond acceptors (Lipinski definition) is 3. The van der Waals surface area contributed by atoms with Crippen LogP contribution < -0.4 is 10.9 Å². The van der Waals surface area contributed by atoms with Gasteiger partial charge in [-0.3, -0.25) is 9.59 Å². The minimum atomic E-state index is -0.243. The Labute approximate surface area is 99.8 Å². The van der Waals surface area contributed by atoms with E-state index in [2.05, 4.69) is 10.3 Å². The Morgan fingerprint density at radius 2 is 2.00 bits per heavy atom. The minimum absolute atomic E-state index is 0.0729. The highest BCUT2D eigenvalue weighted by atomic mass is 16.2. The second-order valence-electron chi connectivity index (χ2n) is 4.62. The predicted octanol–water partition coefficient (Wildman–Crippen LogP) is 0.197. The zero-order valence-corrected chi connectivity index (χ0v) is 10.1. The third-order valence-electron chi connectivity index (χ3n) is 2.87. The average molecular weight is 235 g/mol. The van der Waals surface area contributed by atoms with Crippen molar-refractivity contribution in [3.05, 3.63) is 34.2 Å². The first-order chi connectivity index (χ1) is 8.06. The van der Waals surface area contributed by atoms with Crippen molar-refractivity contribution in [1.29, 1.82) is 0 Å². The van der Waals surface area contributed by atoms with Gasteiger partial charge in [-0.25, -0.2) is 0 Å².